The molecule has 0 aliphatic heterocycles. The third-order valence-corrected chi connectivity index (χ3v) is 2.30. The zero-order valence-electron chi connectivity index (χ0n) is 14.3. The minimum atomic E-state index is 0.143. The number of carbonyl (C=O) groups is 2. The maximum Gasteiger partial charge on any atom is 0.149 e. The van der Waals surface area contributed by atoms with Crippen molar-refractivity contribution in [3.05, 3.63) is 11.8 Å². The first-order valence-electron chi connectivity index (χ1n) is 7.25. The van der Waals surface area contributed by atoms with Crippen LogP contribution in [0.15, 0.2) is 11.8 Å². The molecule has 0 aromatic carbocycles. The molecule has 3 heteroatoms. The van der Waals surface area contributed by atoms with Gasteiger partial charge in [-0.3, -0.25) is 4.79 Å². The van der Waals surface area contributed by atoms with Crippen LogP contribution >= 0.6 is 0 Å². The lowest BCUT2D eigenvalue weighted by atomic mass is 9.89. The molecule has 0 radical (unpaired) electrons. The maximum absolute atomic E-state index is 10.5. The molecule has 0 heterocycles. The second-order valence-electron chi connectivity index (χ2n) is 7.27. The van der Waals surface area contributed by atoms with E-state index in [4.69, 9.17) is 4.74 Å². The van der Waals surface area contributed by atoms with Crippen LogP contribution in [0.5, 0.6) is 0 Å². The van der Waals surface area contributed by atoms with Gasteiger partial charge in [0.05, 0.1) is 12.9 Å². The van der Waals surface area contributed by atoms with Crippen molar-refractivity contribution < 1.29 is 14.3 Å². The summed E-state index contributed by atoms with van der Waals surface area (Å²) in [6.07, 6.45) is 5.85. The van der Waals surface area contributed by atoms with E-state index in [9.17, 15) is 9.59 Å². The lowest BCUT2D eigenvalue weighted by molar-refractivity contribution is -0.108. The van der Waals surface area contributed by atoms with Crippen LogP contribution in [-0.4, -0.2) is 19.2 Å². The second-order valence-corrected chi connectivity index (χ2v) is 7.27. The van der Waals surface area contributed by atoms with E-state index in [1.165, 1.54) is 0 Å². The SMILES string of the molecule is CC(C)(C)CCC=O.CCOC=C(C=O)CC(C)(C)C. The fraction of sp³-hybridized carbons (Fsp3) is 0.765. The van der Waals surface area contributed by atoms with Gasteiger partial charge in [0.2, 0.25) is 0 Å². The Morgan fingerprint density at radius 1 is 1.00 bits per heavy atom. The molecule has 0 fully saturated rings. The average molecular weight is 284 g/mol. The summed E-state index contributed by atoms with van der Waals surface area (Å²) in [5.74, 6) is 0. The molecule has 0 saturated heterocycles. The van der Waals surface area contributed by atoms with E-state index in [1.54, 1.807) is 6.26 Å². The van der Waals surface area contributed by atoms with Crippen LogP contribution in [0.3, 0.4) is 0 Å². The minimum absolute atomic E-state index is 0.143. The molecule has 3 nitrogen and oxygen atoms in total. The van der Waals surface area contributed by atoms with Crippen LogP contribution in [0.25, 0.3) is 0 Å². The molecule has 0 spiro atoms. The number of hydrogen-bond acceptors (Lipinski definition) is 3. The normalized spacial score (nSPS) is 12.2. The summed E-state index contributed by atoms with van der Waals surface area (Å²) in [6.45, 7) is 15.2. The summed E-state index contributed by atoms with van der Waals surface area (Å²) >= 11 is 0. The van der Waals surface area contributed by atoms with Crippen LogP contribution in [0.1, 0.15) is 67.7 Å². The molecule has 0 aliphatic carbocycles. The molecular formula is C17H32O3. The Hall–Kier alpha value is -1.12. The van der Waals surface area contributed by atoms with E-state index >= 15 is 0 Å². The van der Waals surface area contributed by atoms with Crippen LogP contribution in [0.4, 0.5) is 0 Å². The predicted octanol–water partition coefficient (Wildman–Crippen LogP) is 4.55. The Bertz CT molecular complexity index is 290. The van der Waals surface area contributed by atoms with Crippen molar-refractivity contribution in [2.75, 3.05) is 6.61 Å². The second kappa shape index (κ2) is 10.6. The molecule has 20 heavy (non-hydrogen) atoms. The Morgan fingerprint density at radius 3 is 1.80 bits per heavy atom. The van der Waals surface area contributed by atoms with Crippen molar-refractivity contribution in [1.29, 1.82) is 0 Å². The van der Waals surface area contributed by atoms with Crippen molar-refractivity contribution >= 4 is 12.6 Å². The van der Waals surface area contributed by atoms with Crippen molar-refractivity contribution in [3.8, 4) is 0 Å². The standard InChI is InChI=1S/C10H18O2.C7H14O/c1-5-12-8-9(7-11)6-10(2,3)4;1-7(2,3)5-4-6-8/h7-8H,5-6H2,1-4H3;6H,4-5H2,1-3H3. The minimum Gasteiger partial charge on any atom is -0.501 e. The lowest BCUT2D eigenvalue weighted by Gasteiger charge is -2.17. The van der Waals surface area contributed by atoms with Gasteiger partial charge in [0.25, 0.3) is 0 Å². The van der Waals surface area contributed by atoms with E-state index in [-0.39, 0.29) is 5.41 Å². The van der Waals surface area contributed by atoms with Gasteiger partial charge in [-0.15, -0.1) is 0 Å². The summed E-state index contributed by atoms with van der Waals surface area (Å²) in [6, 6.07) is 0. The first-order chi connectivity index (χ1) is 9.05. The Kier molecular flexibility index (Phi) is 11.3. The number of ether oxygens (including phenoxy) is 1. The first-order valence-corrected chi connectivity index (χ1v) is 7.25. The van der Waals surface area contributed by atoms with Gasteiger partial charge in [0.1, 0.15) is 12.6 Å². The molecule has 0 rings (SSSR count). The molecule has 0 aromatic rings. The van der Waals surface area contributed by atoms with Crippen LogP contribution in [0, 0.1) is 10.8 Å². The van der Waals surface area contributed by atoms with Gasteiger partial charge in [-0.2, -0.15) is 0 Å². The number of carbonyl (C=O) groups excluding carboxylic acids is 2. The van der Waals surface area contributed by atoms with Gasteiger partial charge in [0.15, 0.2) is 0 Å². The molecule has 0 aromatic heterocycles. The van der Waals surface area contributed by atoms with Crippen LogP contribution in [-0.2, 0) is 14.3 Å². The number of hydrogen-bond donors (Lipinski definition) is 0. The highest BCUT2D eigenvalue weighted by Crippen LogP contribution is 2.22. The van der Waals surface area contributed by atoms with E-state index in [1.807, 2.05) is 6.92 Å². The fourth-order valence-corrected chi connectivity index (χ4v) is 1.41. The monoisotopic (exact) mass is 284 g/mol. The molecule has 0 atom stereocenters. The number of aldehydes is 2. The van der Waals surface area contributed by atoms with Gasteiger partial charge >= 0.3 is 0 Å². The molecule has 0 bridgehead atoms. The molecule has 0 aliphatic rings. The van der Waals surface area contributed by atoms with E-state index in [0.29, 0.717) is 18.4 Å². The van der Waals surface area contributed by atoms with Gasteiger partial charge in [-0.1, -0.05) is 41.5 Å². The molecule has 0 saturated carbocycles. The van der Waals surface area contributed by atoms with Gasteiger partial charge < -0.3 is 9.53 Å². The Balaban J connectivity index is 0. The summed E-state index contributed by atoms with van der Waals surface area (Å²) in [7, 11) is 0. The van der Waals surface area contributed by atoms with Gasteiger partial charge in [0, 0.05) is 12.0 Å². The summed E-state index contributed by atoms with van der Waals surface area (Å²) in [5.41, 5.74) is 1.19. The van der Waals surface area contributed by atoms with Crippen molar-refractivity contribution in [1.82, 2.24) is 0 Å². The summed E-state index contributed by atoms with van der Waals surface area (Å²) in [4.78, 5) is 20.4. The smallest absolute Gasteiger partial charge is 0.149 e. The van der Waals surface area contributed by atoms with Crippen molar-refractivity contribution in [3.63, 3.8) is 0 Å². The van der Waals surface area contributed by atoms with Gasteiger partial charge in [-0.25, -0.2) is 0 Å². The van der Waals surface area contributed by atoms with Crippen molar-refractivity contribution in [2.45, 2.75) is 67.7 Å². The molecule has 0 N–H and O–H groups in total. The van der Waals surface area contributed by atoms with Crippen LogP contribution in [0.2, 0.25) is 0 Å². The average Bonchev–Trinajstić information content (AvgIpc) is 2.30. The third kappa shape index (κ3) is 19.2. The fourth-order valence-electron chi connectivity index (χ4n) is 1.41. The highest BCUT2D eigenvalue weighted by Gasteiger charge is 2.12. The topological polar surface area (TPSA) is 43.4 Å². The maximum atomic E-state index is 10.5. The molecule has 0 unspecified atom stereocenters. The van der Waals surface area contributed by atoms with E-state index in [2.05, 4.69) is 41.5 Å². The van der Waals surface area contributed by atoms with Crippen molar-refractivity contribution in [2.24, 2.45) is 10.8 Å². The van der Waals surface area contributed by atoms with E-state index < -0.39 is 0 Å². The zero-order valence-corrected chi connectivity index (χ0v) is 14.3. The van der Waals surface area contributed by atoms with Gasteiger partial charge in [-0.05, 0) is 30.6 Å². The molecule has 0 amide bonds. The highest BCUT2D eigenvalue weighted by molar-refractivity contribution is 5.72. The molecule has 118 valence electrons. The number of allylic oxidation sites excluding steroid dienone is 1. The lowest BCUT2D eigenvalue weighted by Crippen LogP contribution is -2.07. The summed E-state index contributed by atoms with van der Waals surface area (Å²) < 4.78 is 5.04. The zero-order chi connectivity index (χ0) is 16.2. The quantitative estimate of drug-likeness (QED) is 0.408. The van der Waals surface area contributed by atoms with E-state index in [0.717, 1.165) is 31.0 Å². The Labute approximate surface area is 124 Å². The Morgan fingerprint density at radius 2 is 1.55 bits per heavy atom. The van der Waals surface area contributed by atoms with Crippen LogP contribution < -0.4 is 0 Å². The third-order valence-electron chi connectivity index (χ3n) is 2.30. The predicted molar refractivity (Wildman–Crippen MR) is 84.6 cm³/mol. The highest BCUT2D eigenvalue weighted by atomic mass is 16.5. The first kappa shape index (κ1) is 21.2. The largest absolute Gasteiger partial charge is 0.501 e. The summed E-state index contributed by atoms with van der Waals surface area (Å²) in [5, 5.41) is 0. The molecular weight excluding hydrogens is 252 g/mol. The number of rotatable bonds is 6.